The Balaban J connectivity index is 0. The molecular weight excluding hydrogens is 324 g/mol. The number of esters is 1. The molecule has 0 aliphatic carbocycles. The maximum atomic E-state index is 10.8. The van der Waals surface area contributed by atoms with Crippen molar-refractivity contribution in [2.24, 2.45) is 0 Å². The van der Waals surface area contributed by atoms with E-state index in [2.05, 4.69) is 13.5 Å². The fraction of sp³-hybridized carbons (Fsp3) is 0.857. The summed E-state index contributed by atoms with van der Waals surface area (Å²) in [4.78, 5) is 10.8. The average molecular weight is 367 g/mol. The van der Waals surface area contributed by atoms with E-state index in [4.69, 9.17) is 4.74 Å². The number of hydrogen-bond donors (Lipinski definition) is 0. The third kappa shape index (κ3) is 22.5. The summed E-state index contributed by atoms with van der Waals surface area (Å²) in [7, 11) is 0. The minimum absolute atomic E-state index is 0. The molecule has 0 aromatic rings. The second-order valence-electron chi connectivity index (χ2n) is 6.67. The summed E-state index contributed by atoms with van der Waals surface area (Å²) in [5.74, 6) is -0.300. The summed E-state index contributed by atoms with van der Waals surface area (Å²) in [6.07, 6.45) is 23.0. The van der Waals surface area contributed by atoms with E-state index in [9.17, 15) is 4.79 Å². The second kappa shape index (κ2) is 23.5. The molecule has 0 atom stereocenters. The minimum atomic E-state index is -0.300. The van der Waals surface area contributed by atoms with E-state index in [1.807, 2.05) is 0 Å². The van der Waals surface area contributed by atoms with Crippen LogP contribution in [0.25, 0.3) is 0 Å². The molecule has 0 saturated heterocycles. The van der Waals surface area contributed by atoms with Crippen molar-refractivity contribution in [2.75, 3.05) is 6.61 Å². The molecule has 0 heterocycles. The Labute approximate surface area is 181 Å². The van der Waals surface area contributed by atoms with Gasteiger partial charge in [-0.3, -0.25) is 0 Å². The zero-order valence-corrected chi connectivity index (χ0v) is 15.6. The van der Waals surface area contributed by atoms with Crippen molar-refractivity contribution in [3.05, 3.63) is 12.7 Å². The molecule has 0 aliphatic heterocycles. The van der Waals surface area contributed by atoms with E-state index in [-0.39, 0.29) is 43.7 Å². The number of rotatable bonds is 18. The van der Waals surface area contributed by atoms with Crippen molar-refractivity contribution < 1.29 is 9.53 Å². The molecule has 0 spiro atoms. The van der Waals surface area contributed by atoms with E-state index in [1.54, 1.807) is 0 Å². The van der Waals surface area contributed by atoms with E-state index in [1.165, 1.54) is 102 Å². The Kier molecular flexibility index (Phi) is 26.1. The Bertz CT molecular complexity index is 267. The first-order chi connectivity index (χ1) is 11.3. The molecule has 0 aromatic carbocycles. The Morgan fingerprint density at radius 1 is 0.708 bits per heavy atom. The van der Waals surface area contributed by atoms with Crippen LogP contribution in [0.4, 0.5) is 0 Å². The zero-order chi connectivity index (χ0) is 17.0. The molecule has 2 nitrogen and oxygen atoms in total. The van der Waals surface area contributed by atoms with Gasteiger partial charge in [-0.15, -0.1) is 0 Å². The van der Waals surface area contributed by atoms with Crippen LogP contribution in [0.2, 0.25) is 0 Å². The summed E-state index contributed by atoms with van der Waals surface area (Å²) in [5, 5.41) is 0. The van der Waals surface area contributed by atoms with Gasteiger partial charge in [0.05, 0.1) is 6.61 Å². The van der Waals surface area contributed by atoms with Crippen LogP contribution in [0.5, 0.6) is 0 Å². The number of hydrogen-bond acceptors (Lipinski definition) is 2. The molecule has 140 valence electrons. The van der Waals surface area contributed by atoms with E-state index in [0.29, 0.717) is 6.61 Å². The zero-order valence-electron chi connectivity index (χ0n) is 15.6. The summed E-state index contributed by atoms with van der Waals surface area (Å²) < 4.78 is 4.95. The third-order valence-electron chi connectivity index (χ3n) is 4.41. The van der Waals surface area contributed by atoms with Gasteiger partial charge in [0.2, 0.25) is 0 Å². The van der Waals surface area contributed by atoms with Gasteiger partial charge in [0.15, 0.2) is 0 Å². The van der Waals surface area contributed by atoms with Crippen LogP contribution in [0, 0.1) is 0 Å². The predicted molar refractivity (Wildman–Crippen MR) is 109 cm³/mol. The molecule has 0 amide bonds. The number of carbonyl (C=O) groups excluding carboxylic acids is 1. The van der Waals surface area contributed by atoms with Crippen molar-refractivity contribution in [1.82, 2.24) is 0 Å². The molecule has 0 rings (SSSR count). The van der Waals surface area contributed by atoms with Crippen molar-refractivity contribution in [3.8, 4) is 0 Å². The number of carbonyl (C=O) groups is 1. The van der Waals surface area contributed by atoms with Crippen LogP contribution in [-0.4, -0.2) is 50.3 Å². The summed E-state index contributed by atoms with van der Waals surface area (Å²) in [6.45, 7) is 6.20. The van der Waals surface area contributed by atoms with Gasteiger partial charge in [-0.2, -0.15) is 0 Å². The summed E-state index contributed by atoms with van der Waals surface area (Å²) in [5.41, 5.74) is 0. The molecule has 0 aromatic heterocycles. The van der Waals surface area contributed by atoms with Gasteiger partial charge < -0.3 is 4.74 Å². The molecule has 0 fully saturated rings. The van der Waals surface area contributed by atoms with Gasteiger partial charge in [0, 0.05) is 6.08 Å². The molecule has 24 heavy (non-hydrogen) atoms. The maximum absolute atomic E-state index is 10.8. The first-order valence-corrected chi connectivity index (χ1v) is 10.1. The van der Waals surface area contributed by atoms with Crippen molar-refractivity contribution in [1.29, 1.82) is 0 Å². The van der Waals surface area contributed by atoms with Crippen molar-refractivity contribution in [2.45, 2.75) is 110 Å². The Morgan fingerprint density at radius 2 is 1.04 bits per heavy atom. The molecule has 0 unspecified atom stereocenters. The molecule has 0 saturated carbocycles. The monoisotopic (exact) mass is 366 g/mol. The topological polar surface area (TPSA) is 26.3 Å². The standard InChI is InChI=1S/C21H40O2.Ca.2H/c1-3-5-6-7-8-9-10-11-12-13-14-15-16-17-18-19-20-23-21(22)4-2;;;/h4H,2-3,5-20H2,1H3;;;. The third-order valence-corrected chi connectivity index (χ3v) is 4.41. The van der Waals surface area contributed by atoms with Crippen LogP contribution in [-0.2, 0) is 9.53 Å². The van der Waals surface area contributed by atoms with Crippen molar-refractivity contribution in [3.63, 3.8) is 0 Å². The van der Waals surface area contributed by atoms with E-state index in [0.717, 1.165) is 6.42 Å². The Hall–Kier alpha value is 0.470. The quantitative estimate of drug-likeness (QED) is 0.127. The first-order valence-electron chi connectivity index (χ1n) is 10.1. The normalized spacial score (nSPS) is 10.2. The van der Waals surface area contributed by atoms with E-state index < -0.39 is 0 Å². The number of unbranched alkanes of at least 4 members (excludes halogenated alkanes) is 15. The molecular formula is C21H42CaO2. The van der Waals surface area contributed by atoms with Crippen LogP contribution in [0.1, 0.15) is 110 Å². The van der Waals surface area contributed by atoms with Crippen LogP contribution in [0.15, 0.2) is 12.7 Å². The second-order valence-corrected chi connectivity index (χ2v) is 6.67. The molecule has 0 aliphatic rings. The molecule has 0 radical (unpaired) electrons. The van der Waals surface area contributed by atoms with Gasteiger partial charge in [-0.05, 0) is 6.42 Å². The first kappa shape index (κ1) is 26.7. The molecule has 3 heteroatoms. The van der Waals surface area contributed by atoms with Crippen LogP contribution < -0.4 is 0 Å². The SMILES string of the molecule is C=CC(=O)OCCCCCCCCCCCCCCCCCC.[CaH2]. The number of ether oxygens (including phenoxy) is 1. The molecule has 0 N–H and O–H groups in total. The van der Waals surface area contributed by atoms with Crippen molar-refractivity contribution >= 4 is 43.7 Å². The predicted octanol–water partition coefficient (Wildman–Crippen LogP) is 6.06. The molecule has 0 bridgehead atoms. The van der Waals surface area contributed by atoms with Crippen LogP contribution in [0.3, 0.4) is 0 Å². The van der Waals surface area contributed by atoms with Gasteiger partial charge >= 0.3 is 43.7 Å². The fourth-order valence-electron chi connectivity index (χ4n) is 2.88. The summed E-state index contributed by atoms with van der Waals surface area (Å²) >= 11 is 0. The van der Waals surface area contributed by atoms with Gasteiger partial charge in [0.25, 0.3) is 0 Å². The van der Waals surface area contributed by atoms with Gasteiger partial charge in [-0.1, -0.05) is 110 Å². The average Bonchev–Trinajstić information content (AvgIpc) is 2.57. The van der Waals surface area contributed by atoms with Crippen LogP contribution >= 0.6 is 0 Å². The van der Waals surface area contributed by atoms with Gasteiger partial charge in [-0.25, -0.2) is 4.79 Å². The van der Waals surface area contributed by atoms with Gasteiger partial charge in [0.1, 0.15) is 0 Å². The Morgan fingerprint density at radius 3 is 1.38 bits per heavy atom. The fourth-order valence-corrected chi connectivity index (χ4v) is 2.88. The van der Waals surface area contributed by atoms with E-state index >= 15 is 0 Å². The summed E-state index contributed by atoms with van der Waals surface area (Å²) in [6, 6.07) is 0.